The van der Waals surface area contributed by atoms with E-state index in [-0.39, 0.29) is 11.4 Å². The van der Waals surface area contributed by atoms with Gasteiger partial charge in [-0.15, -0.1) is 0 Å². The van der Waals surface area contributed by atoms with Crippen molar-refractivity contribution < 1.29 is 8.42 Å². The number of rotatable bonds is 6. The van der Waals surface area contributed by atoms with Gasteiger partial charge < -0.3 is 0 Å². The predicted molar refractivity (Wildman–Crippen MR) is 89.2 cm³/mol. The molecule has 0 saturated carbocycles. The first-order chi connectivity index (χ1) is 11.2. The SMILES string of the molecule is O=S(=O)(c1cccnc1)N(Cc1ccsc1)Cc1ccccn1. The monoisotopic (exact) mass is 345 g/mol. The molecule has 0 radical (unpaired) electrons. The maximum atomic E-state index is 12.9. The highest BCUT2D eigenvalue weighted by atomic mass is 32.2. The Bertz CT molecular complexity index is 836. The summed E-state index contributed by atoms with van der Waals surface area (Å²) in [4.78, 5) is 8.34. The van der Waals surface area contributed by atoms with Crippen LogP contribution in [-0.4, -0.2) is 22.7 Å². The molecule has 0 unspecified atom stereocenters. The van der Waals surface area contributed by atoms with E-state index in [1.807, 2.05) is 35.0 Å². The van der Waals surface area contributed by atoms with E-state index in [1.54, 1.807) is 35.9 Å². The molecule has 0 aliphatic carbocycles. The van der Waals surface area contributed by atoms with Gasteiger partial charge in [0.15, 0.2) is 0 Å². The minimum Gasteiger partial charge on any atom is -0.263 e. The fourth-order valence-corrected chi connectivity index (χ4v) is 4.16. The second-order valence-corrected chi connectivity index (χ2v) is 7.63. The first kappa shape index (κ1) is 15.8. The summed E-state index contributed by atoms with van der Waals surface area (Å²) in [6, 6.07) is 10.6. The molecule has 23 heavy (non-hydrogen) atoms. The first-order valence-corrected chi connectivity index (χ1v) is 9.36. The van der Waals surface area contributed by atoms with Crippen molar-refractivity contribution in [3.8, 4) is 0 Å². The summed E-state index contributed by atoms with van der Waals surface area (Å²) >= 11 is 1.54. The summed E-state index contributed by atoms with van der Waals surface area (Å²) in [6.45, 7) is 0.519. The number of sulfonamides is 1. The van der Waals surface area contributed by atoms with Crippen LogP contribution in [0.2, 0.25) is 0 Å². The van der Waals surface area contributed by atoms with E-state index in [9.17, 15) is 8.42 Å². The molecular weight excluding hydrogens is 330 g/mol. The quantitative estimate of drug-likeness (QED) is 0.689. The number of hydrogen-bond donors (Lipinski definition) is 0. The Hall–Kier alpha value is -2.09. The maximum Gasteiger partial charge on any atom is 0.245 e. The third-order valence-electron chi connectivity index (χ3n) is 3.28. The smallest absolute Gasteiger partial charge is 0.245 e. The molecule has 0 amide bonds. The van der Waals surface area contributed by atoms with E-state index in [2.05, 4.69) is 9.97 Å². The molecule has 0 aliphatic rings. The molecule has 0 fully saturated rings. The van der Waals surface area contributed by atoms with Crippen LogP contribution in [0.1, 0.15) is 11.3 Å². The van der Waals surface area contributed by atoms with Gasteiger partial charge in [0.25, 0.3) is 0 Å². The van der Waals surface area contributed by atoms with Gasteiger partial charge in [-0.3, -0.25) is 9.97 Å². The molecule has 0 atom stereocenters. The van der Waals surface area contributed by atoms with Gasteiger partial charge in [-0.25, -0.2) is 8.42 Å². The average Bonchev–Trinajstić information content (AvgIpc) is 3.09. The molecule has 3 aromatic heterocycles. The van der Waals surface area contributed by atoms with Crippen molar-refractivity contribution in [1.82, 2.24) is 14.3 Å². The molecule has 0 aliphatic heterocycles. The zero-order chi connectivity index (χ0) is 16.1. The van der Waals surface area contributed by atoms with Crippen LogP contribution in [-0.2, 0) is 23.1 Å². The van der Waals surface area contributed by atoms with Crippen LogP contribution in [0.25, 0.3) is 0 Å². The van der Waals surface area contributed by atoms with Gasteiger partial charge in [0, 0.05) is 25.1 Å². The van der Waals surface area contributed by atoms with Crippen molar-refractivity contribution in [2.75, 3.05) is 0 Å². The summed E-state index contributed by atoms with van der Waals surface area (Å²) in [5.41, 5.74) is 1.66. The molecule has 0 saturated heterocycles. The van der Waals surface area contributed by atoms with Crippen molar-refractivity contribution in [2.45, 2.75) is 18.0 Å². The Morgan fingerprint density at radius 3 is 2.61 bits per heavy atom. The fourth-order valence-electron chi connectivity index (χ4n) is 2.13. The van der Waals surface area contributed by atoms with Crippen molar-refractivity contribution in [3.63, 3.8) is 0 Å². The fraction of sp³-hybridized carbons (Fsp3) is 0.125. The minimum absolute atomic E-state index is 0.186. The van der Waals surface area contributed by atoms with E-state index < -0.39 is 10.0 Å². The Morgan fingerprint density at radius 1 is 1.04 bits per heavy atom. The van der Waals surface area contributed by atoms with Crippen LogP contribution >= 0.6 is 11.3 Å². The van der Waals surface area contributed by atoms with Crippen LogP contribution in [0.5, 0.6) is 0 Å². The number of pyridine rings is 2. The lowest BCUT2D eigenvalue weighted by Gasteiger charge is -2.21. The van der Waals surface area contributed by atoms with Crippen LogP contribution in [0.15, 0.2) is 70.6 Å². The predicted octanol–water partition coefficient (Wildman–Crippen LogP) is 2.93. The number of hydrogen-bond acceptors (Lipinski definition) is 5. The topological polar surface area (TPSA) is 63.2 Å². The summed E-state index contributed by atoms with van der Waals surface area (Å²) in [5.74, 6) is 0. The van der Waals surface area contributed by atoms with Crippen molar-refractivity contribution in [3.05, 3.63) is 77.0 Å². The number of aromatic nitrogens is 2. The standard InChI is InChI=1S/C16H15N3O2S2/c20-23(21,16-5-3-7-17-10-16)19(11-14-6-9-22-13-14)12-15-4-1-2-8-18-15/h1-10,13H,11-12H2. The highest BCUT2D eigenvalue weighted by Crippen LogP contribution is 2.20. The molecule has 3 aromatic rings. The lowest BCUT2D eigenvalue weighted by molar-refractivity contribution is 0.397. The third-order valence-corrected chi connectivity index (χ3v) is 5.78. The molecule has 0 bridgehead atoms. The largest absolute Gasteiger partial charge is 0.263 e. The third kappa shape index (κ3) is 3.82. The van der Waals surface area contributed by atoms with Gasteiger partial charge in [0.05, 0.1) is 12.2 Å². The van der Waals surface area contributed by atoms with Gasteiger partial charge in [-0.1, -0.05) is 6.07 Å². The van der Waals surface area contributed by atoms with E-state index in [4.69, 9.17) is 0 Å². The Morgan fingerprint density at radius 2 is 1.96 bits per heavy atom. The van der Waals surface area contributed by atoms with E-state index in [1.165, 1.54) is 10.5 Å². The summed E-state index contributed by atoms with van der Waals surface area (Å²) in [6.07, 6.45) is 4.59. The van der Waals surface area contributed by atoms with E-state index in [0.717, 1.165) is 5.56 Å². The molecule has 3 heterocycles. The highest BCUT2D eigenvalue weighted by molar-refractivity contribution is 7.89. The number of thiophene rings is 1. The van der Waals surface area contributed by atoms with Crippen LogP contribution in [0.4, 0.5) is 0 Å². The second kappa shape index (κ2) is 6.99. The van der Waals surface area contributed by atoms with Gasteiger partial charge in [0.1, 0.15) is 4.90 Å². The van der Waals surface area contributed by atoms with Crippen molar-refractivity contribution >= 4 is 21.4 Å². The Balaban J connectivity index is 1.94. The van der Waals surface area contributed by atoms with Crippen LogP contribution < -0.4 is 0 Å². The van der Waals surface area contributed by atoms with E-state index >= 15 is 0 Å². The van der Waals surface area contributed by atoms with Gasteiger partial charge in [0.2, 0.25) is 10.0 Å². The summed E-state index contributed by atoms with van der Waals surface area (Å²) < 4.78 is 27.3. The van der Waals surface area contributed by atoms with Crippen LogP contribution in [0.3, 0.4) is 0 Å². The van der Waals surface area contributed by atoms with Gasteiger partial charge in [-0.2, -0.15) is 15.6 Å². The molecule has 118 valence electrons. The lowest BCUT2D eigenvalue weighted by atomic mass is 10.3. The second-order valence-electron chi connectivity index (χ2n) is 4.91. The Labute approximate surface area is 139 Å². The van der Waals surface area contributed by atoms with Crippen LogP contribution in [0, 0.1) is 0 Å². The maximum absolute atomic E-state index is 12.9. The average molecular weight is 345 g/mol. The zero-order valence-corrected chi connectivity index (χ0v) is 13.9. The molecular formula is C16H15N3O2S2. The van der Waals surface area contributed by atoms with Crippen molar-refractivity contribution in [1.29, 1.82) is 0 Å². The molecule has 0 aromatic carbocycles. The Kier molecular flexibility index (Phi) is 4.80. The summed E-state index contributed by atoms with van der Waals surface area (Å²) in [7, 11) is -3.64. The van der Waals surface area contributed by atoms with Crippen molar-refractivity contribution in [2.24, 2.45) is 0 Å². The minimum atomic E-state index is -3.64. The molecule has 7 heteroatoms. The normalized spacial score (nSPS) is 11.7. The molecule has 5 nitrogen and oxygen atoms in total. The molecule has 0 spiro atoms. The molecule has 0 N–H and O–H groups in total. The molecule has 3 rings (SSSR count). The first-order valence-electron chi connectivity index (χ1n) is 6.97. The van der Waals surface area contributed by atoms with Gasteiger partial charge in [-0.05, 0) is 46.7 Å². The van der Waals surface area contributed by atoms with Gasteiger partial charge >= 0.3 is 0 Å². The highest BCUT2D eigenvalue weighted by Gasteiger charge is 2.25. The zero-order valence-electron chi connectivity index (χ0n) is 12.2. The number of nitrogens with zero attached hydrogens (tertiary/aromatic N) is 3. The van der Waals surface area contributed by atoms with E-state index in [0.29, 0.717) is 12.2 Å². The summed E-state index contributed by atoms with van der Waals surface area (Å²) in [5, 5.41) is 3.88. The lowest BCUT2D eigenvalue weighted by Crippen LogP contribution is -2.30.